The molecule has 0 saturated heterocycles. The SMILES string of the molecule is COc1ccc(Br)c(NC(=O)c2cccc(N)c2Cl)c1. The molecule has 20 heavy (non-hydrogen) atoms. The Kier molecular flexibility index (Phi) is 4.52. The monoisotopic (exact) mass is 354 g/mol. The minimum Gasteiger partial charge on any atom is -0.497 e. The highest BCUT2D eigenvalue weighted by Gasteiger charge is 2.14. The lowest BCUT2D eigenvalue weighted by molar-refractivity contribution is 0.102. The number of halogens is 2. The summed E-state index contributed by atoms with van der Waals surface area (Å²) in [5.41, 5.74) is 6.96. The van der Waals surface area contributed by atoms with Gasteiger partial charge in [-0.15, -0.1) is 0 Å². The van der Waals surface area contributed by atoms with Crippen LogP contribution in [0.5, 0.6) is 5.75 Å². The van der Waals surface area contributed by atoms with Crippen LogP contribution in [0.15, 0.2) is 40.9 Å². The molecule has 2 rings (SSSR count). The Morgan fingerprint density at radius 3 is 2.80 bits per heavy atom. The molecule has 0 heterocycles. The van der Waals surface area contributed by atoms with E-state index in [0.29, 0.717) is 22.7 Å². The number of nitrogen functional groups attached to an aromatic ring is 1. The molecule has 0 saturated carbocycles. The lowest BCUT2D eigenvalue weighted by atomic mass is 10.2. The molecular weight excluding hydrogens is 344 g/mol. The number of nitrogens with one attached hydrogen (secondary N) is 1. The minimum absolute atomic E-state index is 0.240. The number of carbonyl (C=O) groups is 1. The van der Waals surface area contributed by atoms with Gasteiger partial charge in [0.25, 0.3) is 5.91 Å². The first-order chi connectivity index (χ1) is 9.52. The highest BCUT2D eigenvalue weighted by molar-refractivity contribution is 9.10. The third-order valence-electron chi connectivity index (χ3n) is 2.69. The van der Waals surface area contributed by atoms with Gasteiger partial charge in [0, 0.05) is 10.5 Å². The van der Waals surface area contributed by atoms with Crippen molar-refractivity contribution in [1.82, 2.24) is 0 Å². The largest absolute Gasteiger partial charge is 0.497 e. The Bertz CT molecular complexity index is 662. The second kappa shape index (κ2) is 6.15. The molecule has 0 aliphatic rings. The third kappa shape index (κ3) is 3.05. The molecule has 6 heteroatoms. The smallest absolute Gasteiger partial charge is 0.257 e. The number of rotatable bonds is 3. The fourth-order valence-corrected chi connectivity index (χ4v) is 2.20. The average molecular weight is 356 g/mol. The summed E-state index contributed by atoms with van der Waals surface area (Å²) in [6.07, 6.45) is 0. The average Bonchev–Trinajstić information content (AvgIpc) is 2.44. The van der Waals surface area contributed by atoms with Gasteiger partial charge in [-0.25, -0.2) is 0 Å². The van der Waals surface area contributed by atoms with Crippen molar-refractivity contribution in [1.29, 1.82) is 0 Å². The number of ether oxygens (including phenoxy) is 1. The number of hydrogen-bond donors (Lipinski definition) is 2. The van der Waals surface area contributed by atoms with Gasteiger partial charge in [-0.05, 0) is 40.2 Å². The molecule has 1 amide bonds. The Hall–Kier alpha value is -1.72. The number of benzene rings is 2. The minimum atomic E-state index is -0.337. The van der Waals surface area contributed by atoms with Crippen molar-refractivity contribution in [2.24, 2.45) is 0 Å². The molecule has 2 aromatic carbocycles. The summed E-state index contributed by atoms with van der Waals surface area (Å²) in [6, 6.07) is 10.2. The van der Waals surface area contributed by atoms with Crippen LogP contribution in [0.4, 0.5) is 11.4 Å². The highest BCUT2D eigenvalue weighted by atomic mass is 79.9. The molecule has 0 aliphatic heterocycles. The lowest BCUT2D eigenvalue weighted by Gasteiger charge is -2.11. The first-order valence-electron chi connectivity index (χ1n) is 5.72. The van der Waals surface area contributed by atoms with Crippen molar-refractivity contribution in [2.75, 3.05) is 18.2 Å². The summed E-state index contributed by atoms with van der Waals surface area (Å²) in [7, 11) is 1.56. The molecule has 3 N–H and O–H groups in total. The van der Waals surface area contributed by atoms with Gasteiger partial charge >= 0.3 is 0 Å². The lowest BCUT2D eigenvalue weighted by Crippen LogP contribution is -2.13. The summed E-state index contributed by atoms with van der Waals surface area (Å²) in [5, 5.41) is 3.00. The Balaban J connectivity index is 2.30. The van der Waals surface area contributed by atoms with Crippen molar-refractivity contribution in [3.63, 3.8) is 0 Å². The first kappa shape index (κ1) is 14.7. The molecule has 0 atom stereocenters. The Labute approximate surface area is 130 Å². The van der Waals surface area contributed by atoms with Gasteiger partial charge in [-0.3, -0.25) is 4.79 Å². The van der Waals surface area contributed by atoms with Gasteiger partial charge in [0.15, 0.2) is 0 Å². The fraction of sp³-hybridized carbons (Fsp3) is 0.0714. The van der Waals surface area contributed by atoms with Crippen LogP contribution in [0.2, 0.25) is 5.02 Å². The van der Waals surface area contributed by atoms with E-state index in [4.69, 9.17) is 22.1 Å². The van der Waals surface area contributed by atoms with Crippen LogP contribution in [0, 0.1) is 0 Å². The van der Waals surface area contributed by atoms with Crippen LogP contribution < -0.4 is 15.8 Å². The second-order valence-electron chi connectivity index (χ2n) is 4.01. The van der Waals surface area contributed by atoms with Gasteiger partial charge in [0.05, 0.1) is 29.1 Å². The molecule has 4 nitrogen and oxygen atoms in total. The zero-order valence-corrected chi connectivity index (χ0v) is 13.0. The van der Waals surface area contributed by atoms with Gasteiger partial charge in [-0.2, -0.15) is 0 Å². The number of hydrogen-bond acceptors (Lipinski definition) is 3. The van der Waals surface area contributed by atoms with Gasteiger partial charge in [0.1, 0.15) is 5.75 Å². The summed E-state index contributed by atoms with van der Waals surface area (Å²) in [4.78, 5) is 12.2. The van der Waals surface area contributed by atoms with Crippen LogP contribution in [0.1, 0.15) is 10.4 Å². The fourth-order valence-electron chi connectivity index (χ4n) is 1.64. The summed E-state index contributed by atoms with van der Waals surface area (Å²) in [5.74, 6) is 0.304. The van der Waals surface area contributed by atoms with E-state index >= 15 is 0 Å². The van der Waals surface area contributed by atoms with E-state index in [0.717, 1.165) is 4.47 Å². The molecule has 2 aromatic rings. The standard InChI is InChI=1S/C14H12BrClN2O2/c1-20-8-5-6-10(15)12(7-8)18-14(19)9-3-2-4-11(17)13(9)16/h2-7H,17H2,1H3,(H,18,19). The van der Waals surface area contributed by atoms with Crippen LogP contribution in [0.3, 0.4) is 0 Å². The Morgan fingerprint density at radius 1 is 1.35 bits per heavy atom. The van der Waals surface area contributed by atoms with Crippen LogP contribution in [-0.4, -0.2) is 13.0 Å². The maximum Gasteiger partial charge on any atom is 0.257 e. The van der Waals surface area contributed by atoms with E-state index in [1.54, 1.807) is 43.5 Å². The summed E-state index contributed by atoms with van der Waals surface area (Å²) < 4.78 is 5.86. The molecule has 0 aliphatic carbocycles. The van der Waals surface area contributed by atoms with Gasteiger partial charge in [-0.1, -0.05) is 17.7 Å². The predicted molar refractivity (Wildman–Crippen MR) is 84.5 cm³/mol. The Morgan fingerprint density at radius 2 is 2.10 bits per heavy atom. The number of methoxy groups -OCH3 is 1. The maximum atomic E-state index is 12.2. The summed E-state index contributed by atoms with van der Waals surface area (Å²) >= 11 is 9.40. The van der Waals surface area contributed by atoms with Crippen LogP contribution in [-0.2, 0) is 0 Å². The molecule has 0 radical (unpaired) electrons. The molecule has 0 spiro atoms. The maximum absolute atomic E-state index is 12.2. The van der Waals surface area contributed by atoms with Crippen molar-refractivity contribution < 1.29 is 9.53 Å². The zero-order valence-electron chi connectivity index (χ0n) is 10.6. The molecule has 104 valence electrons. The van der Waals surface area contributed by atoms with E-state index in [1.165, 1.54) is 0 Å². The van der Waals surface area contributed by atoms with Crippen LogP contribution >= 0.6 is 27.5 Å². The normalized spacial score (nSPS) is 10.2. The topological polar surface area (TPSA) is 64.3 Å². The molecular formula is C14H12BrClN2O2. The van der Waals surface area contributed by atoms with Gasteiger partial charge in [0.2, 0.25) is 0 Å². The quantitative estimate of drug-likeness (QED) is 0.820. The van der Waals surface area contributed by atoms with E-state index in [-0.39, 0.29) is 10.9 Å². The van der Waals surface area contributed by atoms with Gasteiger partial charge < -0.3 is 15.8 Å². The molecule has 0 aromatic heterocycles. The van der Waals surface area contributed by atoms with Crippen molar-refractivity contribution >= 4 is 44.8 Å². The number of anilines is 2. The zero-order chi connectivity index (χ0) is 14.7. The molecule has 0 bridgehead atoms. The van der Waals surface area contributed by atoms with Crippen molar-refractivity contribution in [3.8, 4) is 5.75 Å². The summed E-state index contributed by atoms with van der Waals surface area (Å²) in [6.45, 7) is 0. The predicted octanol–water partition coefficient (Wildman–Crippen LogP) is 3.95. The van der Waals surface area contributed by atoms with Crippen molar-refractivity contribution in [2.45, 2.75) is 0 Å². The molecule has 0 fully saturated rings. The number of carbonyl (C=O) groups excluding carboxylic acids is 1. The van der Waals surface area contributed by atoms with E-state index in [2.05, 4.69) is 21.2 Å². The van der Waals surface area contributed by atoms with E-state index < -0.39 is 0 Å². The van der Waals surface area contributed by atoms with E-state index in [1.807, 2.05) is 0 Å². The third-order valence-corrected chi connectivity index (χ3v) is 3.81. The van der Waals surface area contributed by atoms with E-state index in [9.17, 15) is 4.79 Å². The van der Waals surface area contributed by atoms with Crippen LogP contribution in [0.25, 0.3) is 0 Å². The number of nitrogens with two attached hydrogens (primary N) is 1. The highest BCUT2D eigenvalue weighted by Crippen LogP contribution is 2.29. The second-order valence-corrected chi connectivity index (χ2v) is 5.24. The number of amides is 1. The first-order valence-corrected chi connectivity index (χ1v) is 6.89. The molecule has 0 unspecified atom stereocenters. The van der Waals surface area contributed by atoms with Crippen molar-refractivity contribution in [3.05, 3.63) is 51.5 Å².